The van der Waals surface area contributed by atoms with Crippen LogP contribution in [0.4, 0.5) is 10.6 Å². The van der Waals surface area contributed by atoms with E-state index in [1.165, 1.54) is 24.8 Å². The van der Waals surface area contributed by atoms with Crippen LogP contribution in [-0.2, 0) is 4.79 Å². The Morgan fingerprint density at radius 2 is 2.15 bits per heavy atom. The maximum Gasteiger partial charge on any atom is 0.320 e. The minimum atomic E-state index is -0.861. The van der Waals surface area contributed by atoms with E-state index in [0.29, 0.717) is 24.7 Å². The molecular formula is C14H19N3O3. The predicted octanol–water partition coefficient (Wildman–Crippen LogP) is 2.34. The number of hydrogen-bond donors (Lipinski definition) is 3. The molecule has 0 bridgehead atoms. The van der Waals surface area contributed by atoms with Gasteiger partial charge in [0.2, 0.25) is 0 Å². The van der Waals surface area contributed by atoms with Gasteiger partial charge in [-0.15, -0.1) is 0 Å². The van der Waals surface area contributed by atoms with Crippen molar-refractivity contribution in [1.82, 2.24) is 10.3 Å². The van der Waals surface area contributed by atoms with Crippen LogP contribution in [0.1, 0.15) is 43.6 Å². The van der Waals surface area contributed by atoms with Crippen LogP contribution in [-0.4, -0.2) is 28.6 Å². The van der Waals surface area contributed by atoms with Crippen LogP contribution >= 0.6 is 0 Å². The molecule has 1 aliphatic rings. The molecule has 0 aliphatic heterocycles. The van der Waals surface area contributed by atoms with Gasteiger partial charge in [-0.05, 0) is 36.8 Å². The zero-order chi connectivity index (χ0) is 14.4. The molecule has 2 rings (SSSR count). The molecule has 1 aromatic heterocycles. The number of amides is 2. The van der Waals surface area contributed by atoms with Gasteiger partial charge >= 0.3 is 12.0 Å². The second kappa shape index (κ2) is 6.88. The molecule has 108 valence electrons. The molecule has 20 heavy (non-hydrogen) atoms. The maximum atomic E-state index is 11.5. The molecule has 0 unspecified atom stereocenters. The summed E-state index contributed by atoms with van der Waals surface area (Å²) in [5.41, 5.74) is 1.23. The smallest absolute Gasteiger partial charge is 0.320 e. The molecule has 1 heterocycles. The van der Waals surface area contributed by atoms with Crippen molar-refractivity contribution in [2.24, 2.45) is 0 Å². The molecule has 2 amide bonds. The topological polar surface area (TPSA) is 91.3 Å². The van der Waals surface area contributed by atoms with Crippen LogP contribution in [0.15, 0.2) is 18.3 Å². The van der Waals surface area contributed by atoms with Gasteiger partial charge in [-0.2, -0.15) is 0 Å². The average molecular weight is 277 g/mol. The van der Waals surface area contributed by atoms with Gasteiger partial charge in [0.15, 0.2) is 0 Å². The van der Waals surface area contributed by atoms with E-state index >= 15 is 0 Å². The van der Waals surface area contributed by atoms with Crippen LogP contribution in [0.3, 0.4) is 0 Å². The number of carboxylic acid groups (broad SMARTS) is 1. The fourth-order valence-electron chi connectivity index (χ4n) is 2.06. The first-order chi connectivity index (χ1) is 9.65. The second-order valence-corrected chi connectivity index (χ2v) is 4.98. The number of urea groups is 1. The standard InChI is InChI=1S/C14H19N3O3/c18-13(19)5-2-8-15-14(20)17-12-7-6-11(9-16-12)10-3-1-4-10/h6-7,9-10H,1-5,8H2,(H,18,19)(H2,15,16,17,20). The Hall–Kier alpha value is -2.11. The molecule has 0 saturated heterocycles. The number of pyridine rings is 1. The highest BCUT2D eigenvalue weighted by Gasteiger charge is 2.19. The molecule has 1 aliphatic carbocycles. The molecule has 1 aromatic rings. The summed E-state index contributed by atoms with van der Waals surface area (Å²) < 4.78 is 0. The number of aromatic nitrogens is 1. The summed E-state index contributed by atoms with van der Waals surface area (Å²) in [6.07, 6.45) is 6.00. The second-order valence-electron chi connectivity index (χ2n) is 4.98. The van der Waals surface area contributed by atoms with E-state index in [1.807, 2.05) is 12.3 Å². The molecule has 0 aromatic carbocycles. The molecule has 3 N–H and O–H groups in total. The lowest BCUT2D eigenvalue weighted by molar-refractivity contribution is -0.137. The fourth-order valence-corrected chi connectivity index (χ4v) is 2.06. The van der Waals surface area contributed by atoms with Crippen LogP contribution in [0.2, 0.25) is 0 Å². The molecular weight excluding hydrogens is 258 g/mol. The third-order valence-corrected chi connectivity index (χ3v) is 3.46. The van der Waals surface area contributed by atoms with Crippen LogP contribution in [0.25, 0.3) is 0 Å². The molecule has 0 spiro atoms. The van der Waals surface area contributed by atoms with Crippen LogP contribution < -0.4 is 10.6 Å². The van der Waals surface area contributed by atoms with E-state index in [2.05, 4.69) is 15.6 Å². The third kappa shape index (κ3) is 4.22. The lowest BCUT2D eigenvalue weighted by atomic mass is 9.81. The predicted molar refractivity (Wildman–Crippen MR) is 74.7 cm³/mol. The van der Waals surface area contributed by atoms with Crippen molar-refractivity contribution >= 4 is 17.8 Å². The Kier molecular flexibility index (Phi) is 4.92. The Labute approximate surface area is 117 Å². The number of carbonyl (C=O) groups is 2. The SMILES string of the molecule is O=C(O)CCCNC(=O)Nc1ccc(C2CCC2)cn1. The third-order valence-electron chi connectivity index (χ3n) is 3.46. The van der Waals surface area contributed by atoms with E-state index in [-0.39, 0.29) is 12.5 Å². The van der Waals surface area contributed by atoms with E-state index in [0.717, 1.165) is 0 Å². The summed E-state index contributed by atoms with van der Waals surface area (Å²) in [5.74, 6) is 0.269. The lowest BCUT2D eigenvalue weighted by Crippen LogP contribution is -2.30. The van der Waals surface area contributed by atoms with E-state index < -0.39 is 5.97 Å². The Morgan fingerprint density at radius 3 is 2.70 bits per heavy atom. The summed E-state index contributed by atoms with van der Waals surface area (Å²) in [5, 5.41) is 13.7. The van der Waals surface area contributed by atoms with Gasteiger partial charge in [-0.3, -0.25) is 10.1 Å². The number of rotatable bonds is 6. The number of anilines is 1. The van der Waals surface area contributed by atoms with Gasteiger partial charge in [0.05, 0.1) is 0 Å². The van der Waals surface area contributed by atoms with Gasteiger partial charge in [0.25, 0.3) is 0 Å². The van der Waals surface area contributed by atoms with E-state index in [1.54, 1.807) is 6.07 Å². The Bertz CT molecular complexity index is 469. The lowest BCUT2D eigenvalue weighted by Gasteiger charge is -2.25. The first-order valence-electron chi connectivity index (χ1n) is 6.88. The van der Waals surface area contributed by atoms with E-state index in [4.69, 9.17) is 5.11 Å². The Morgan fingerprint density at radius 1 is 1.35 bits per heavy atom. The highest BCUT2D eigenvalue weighted by Crippen LogP contribution is 2.35. The number of carboxylic acids is 1. The average Bonchev–Trinajstić information content (AvgIpc) is 2.35. The van der Waals surface area contributed by atoms with Crippen LogP contribution in [0, 0.1) is 0 Å². The van der Waals surface area contributed by atoms with Gasteiger partial charge in [0, 0.05) is 19.2 Å². The Balaban J connectivity index is 1.72. The van der Waals surface area contributed by atoms with Crippen molar-refractivity contribution in [2.75, 3.05) is 11.9 Å². The number of aliphatic carboxylic acids is 1. The monoisotopic (exact) mass is 277 g/mol. The summed E-state index contributed by atoms with van der Waals surface area (Å²) in [6, 6.07) is 3.43. The number of nitrogens with zero attached hydrogens (tertiary/aromatic N) is 1. The zero-order valence-corrected chi connectivity index (χ0v) is 11.3. The first kappa shape index (κ1) is 14.3. The largest absolute Gasteiger partial charge is 0.481 e. The van der Waals surface area contributed by atoms with Gasteiger partial charge in [0.1, 0.15) is 5.82 Å². The summed E-state index contributed by atoms with van der Waals surface area (Å²) in [6.45, 7) is 0.332. The molecule has 6 heteroatoms. The van der Waals surface area contributed by atoms with Crippen molar-refractivity contribution in [3.05, 3.63) is 23.9 Å². The van der Waals surface area contributed by atoms with Gasteiger partial charge in [-0.1, -0.05) is 12.5 Å². The summed E-state index contributed by atoms with van der Waals surface area (Å²) >= 11 is 0. The summed E-state index contributed by atoms with van der Waals surface area (Å²) in [7, 11) is 0. The molecule has 1 saturated carbocycles. The number of nitrogens with one attached hydrogen (secondary N) is 2. The highest BCUT2D eigenvalue weighted by atomic mass is 16.4. The fraction of sp³-hybridized carbons (Fsp3) is 0.500. The quantitative estimate of drug-likeness (QED) is 0.696. The summed E-state index contributed by atoms with van der Waals surface area (Å²) in [4.78, 5) is 26.1. The highest BCUT2D eigenvalue weighted by molar-refractivity contribution is 5.88. The molecule has 1 fully saturated rings. The van der Waals surface area contributed by atoms with Crippen molar-refractivity contribution in [2.45, 2.75) is 38.0 Å². The van der Waals surface area contributed by atoms with Gasteiger partial charge in [-0.25, -0.2) is 9.78 Å². The first-order valence-corrected chi connectivity index (χ1v) is 6.88. The normalized spacial score (nSPS) is 14.4. The maximum absolute atomic E-state index is 11.5. The molecule has 0 atom stereocenters. The van der Waals surface area contributed by atoms with Crippen molar-refractivity contribution in [1.29, 1.82) is 0 Å². The van der Waals surface area contributed by atoms with Gasteiger partial charge < -0.3 is 10.4 Å². The minimum Gasteiger partial charge on any atom is -0.481 e. The minimum absolute atomic E-state index is 0.0502. The van der Waals surface area contributed by atoms with Crippen molar-refractivity contribution in [3.8, 4) is 0 Å². The van der Waals surface area contributed by atoms with Crippen molar-refractivity contribution < 1.29 is 14.7 Å². The van der Waals surface area contributed by atoms with E-state index in [9.17, 15) is 9.59 Å². The zero-order valence-electron chi connectivity index (χ0n) is 11.3. The number of hydrogen-bond acceptors (Lipinski definition) is 3. The molecule has 6 nitrogen and oxygen atoms in total. The molecule has 0 radical (unpaired) electrons. The van der Waals surface area contributed by atoms with Crippen LogP contribution in [0.5, 0.6) is 0 Å². The van der Waals surface area contributed by atoms with Crippen molar-refractivity contribution in [3.63, 3.8) is 0 Å². The number of carbonyl (C=O) groups excluding carboxylic acids is 1.